The van der Waals surface area contributed by atoms with E-state index in [9.17, 15) is 13.2 Å². The van der Waals surface area contributed by atoms with Gasteiger partial charge in [-0.05, 0) is 35.6 Å². The van der Waals surface area contributed by atoms with Crippen LogP contribution in [0, 0.1) is 5.41 Å². The van der Waals surface area contributed by atoms with Crippen LogP contribution < -0.4 is 4.74 Å². The minimum absolute atomic E-state index is 0. The molecule has 9 heteroatoms. The van der Waals surface area contributed by atoms with Crippen molar-refractivity contribution in [3.05, 3.63) is 54.2 Å². The Balaban J connectivity index is 0.00000272. The number of rotatable bonds is 4. The van der Waals surface area contributed by atoms with Gasteiger partial charge in [-0.2, -0.15) is 0 Å². The molecule has 0 unspecified atom stereocenters. The largest absolute Gasteiger partial charge is 0.573 e. The Kier molecular flexibility index (Phi) is 6.04. The third-order valence-electron chi connectivity index (χ3n) is 4.41. The number of nitrogens with zero attached hydrogens (tertiary/aromatic N) is 2. The van der Waals surface area contributed by atoms with Crippen LogP contribution in [0.15, 0.2) is 53.1 Å². The van der Waals surface area contributed by atoms with E-state index >= 15 is 0 Å². The molecule has 0 atom stereocenters. The molecule has 5 nitrogen and oxygen atoms in total. The van der Waals surface area contributed by atoms with Crippen LogP contribution in [-0.4, -0.2) is 21.5 Å². The lowest BCUT2D eigenvalue weighted by Crippen LogP contribution is -2.17. The van der Waals surface area contributed by atoms with Crippen molar-refractivity contribution in [3.8, 4) is 28.5 Å². The molecule has 164 valence electrons. The number of halogens is 4. The summed E-state index contributed by atoms with van der Waals surface area (Å²) in [6.45, 7) is 6.35. The number of nitrogens with one attached hydrogen (secondary N) is 1. The first kappa shape index (κ1) is 22.7. The Morgan fingerprint density at radius 2 is 1.77 bits per heavy atom. The number of H-pyrrole nitrogens is 1. The standard InChI is InChI=1S/C22H20F3N3O2.ClH/c1-21(2,3)12-14-11-19(30-28-14)20-26-16-9-8-13(10-17(16)27-20)15-6-4-5-7-18(15)29-22(23,24)25;/h4-11H,12H2,1-3H3,(H,26,27);1H. The number of ether oxygens (including phenoxy) is 1. The highest BCUT2D eigenvalue weighted by atomic mass is 35.5. The van der Waals surface area contributed by atoms with Crippen molar-refractivity contribution in [2.45, 2.75) is 33.6 Å². The molecule has 2 heterocycles. The van der Waals surface area contributed by atoms with Crippen molar-refractivity contribution in [3.63, 3.8) is 0 Å². The number of fused-ring (bicyclic) bond motifs is 1. The number of aromatic amines is 1. The average molecular weight is 452 g/mol. The Morgan fingerprint density at radius 3 is 2.48 bits per heavy atom. The number of para-hydroxylation sites is 1. The zero-order chi connectivity index (χ0) is 21.5. The Morgan fingerprint density at radius 1 is 1.03 bits per heavy atom. The molecule has 1 N–H and O–H groups in total. The maximum absolute atomic E-state index is 12.7. The maximum Gasteiger partial charge on any atom is 0.573 e. The maximum atomic E-state index is 12.7. The topological polar surface area (TPSA) is 63.9 Å². The summed E-state index contributed by atoms with van der Waals surface area (Å²) in [6, 6.07) is 13.0. The zero-order valence-corrected chi connectivity index (χ0v) is 17.9. The van der Waals surface area contributed by atoms with Crippen molar-refractivity contribution < 1.29 is 22.4 Å². The van der Waals surface area contributed by atoms with Crippen molar-refractivity contribution >= 4 is 23.4 Å². The van der Waals surface area contributed by atoms with Gasteiger partial charge >= 0.3 is 6.36 Å². The second-order valence-corrected chi connectivity index (χ2v) is 8.28. The lowest BCUT2D eigenvalue weighted by atomic mass is 9.90. The van der Waals surface area contributed by atoms with Gasteiger partial charge in [0.15, 0.2) is 5.82 Å². The fraction of sp³-hybridized carbons (Fsp3) is 0.273. The summed E-state index contributed by atoms with van der Waals surface area (Å²) in [6.07, 6.45) is -4.00. The lowest BCUT2D eigenvalue weighted by molar-refractivity contribution is -0.274. The van der Waals surface area contributed by atoms with Gasteiger partial charge in [0.2, 0.25) is 5.76 Å². The molecule has 0 fully saturated rings. The second-order valence-electron chi connectivity index (χ2n) is 8.28. The summed E-state index contributed by atoms with van der Waals surface area (Å²) in [7, 11) is 0. The monoisotopic (exact) mass is 451 g/mol. The number of alkyl halides is 3. The molecule has 0 saturated heterocycles. The van der Waals surface area contributed by atoms with Crippen LogP contribution in [0.3, 0.4) is 0 Å². The van der Waals surface area contributed by atoms with Gasteiger partial charge < -0.3 is 14.2 Å². The van der Waals surface area contributed by atoms with E-state index in [4.69, 9.17) is 4.52 Å². The molecule has 0 saturated carbocycles. The SMILES string of the molecule is CC(C)(C)Cc1cc(-c2nc3ccc(-c4ccccc4OC(F)(F)F)cc3[nH]2)on1.Cl. The quantitative estimate of drug-likeness (QED) is 0.371. The number of hydrogen-bond acceptors (Lipinski definition) is 4. The summed E-state index contributed by atoms with van der Waals surface area (Å²) >= 11 is 0. The molecule has 0 spiro atoms. The average Bonchev–Trinajstić information content (AvgIpc) is 3.25. The minimum atomic E-state index is -4.77. The summed E-state index contributed by atoms with van der Waals surface area (Å²) in [4.78, 5) is 7.67. The molecular formula is C22H21ClF3N3O2. The molecule has 0 aliphatic heterocycles. The number of imidazole rings is 1. The summed E-state index contributed by atoms with van der Waals surface area (Å²) in [5.41, 5.74) is 3.14. The summed E-state index contributed by atoms with van der Waals surface area (Å²) < 4.78 is 47.8. The summed E-state index contributed by atoms with van der Waals surface area (Å²) in [5, 5.41) is 4.10. The number of hydrogen-bond donors (Lipinski definition) is 1. The van der Waals surface area contributed by atoms with Crippen molar-refractivity contribution in [1.29, 1.82) is 0 Å². The molecule has 0 amide bonds. The van der Waals surface area contributed by atoms with E-state index in [0.717, 1.165) is 12.1 Å². The molecule has 0 aliphatic rings. The van der Waals surface area contributed by atoms with Crippen LogP contribution >= 0.6 is 12.4 Å². The van der Waals surface area contributed by atoms with Gasteiger partial charge in [0.05, 0.1) is 16.7 Å². The van der Waals surface area contributed by atoms with Crippen LogP contribution in [0.4, 0.5) is 13.2 Å². The van der Waals surface area contributed by atoms with Crippen molar-refractivity contribution in [2.75, 3.05) is 0 Å². The van der Waals surface area contributed by atoms with E-state index in [1.54, 1.807) is 30.3 Å². The second kappa shape index (κ2) is 8.26. The Labute approximate surface area is 183 Å². The van der Waals surface area contributed by atoms with Crippen molar-refractivity contribution in [1.82, 2.24) is 15.1 Å². The predicted octanol–water partition coefficient (Wildman–Crippen LogP) is 6.79. The molecule has 4 rings (SSSR count). The van der Waals surface area contributed by atoms with Crippen LogP contribution in [0.1, 0.15) is 26.5 Å². The normalized spacial score (nSPS) is 12.1. The lowest BCUT2D eigenvalue weighted by Gasteiger charge is -2.14. The third-order valence-corrected chi connectivity index (χ3v) is 4.41. The molecular weight excluding hydrogens is 431 g/mol. The van der Waals surface area contributed by atoms with Crippen LogP contribution in [0.25, 0.3) is 33.7 Å². The van der Waals surface area contributed by atoms with Gasteiger partial charge in [-0.1, -0.05) is 50.2 Å². The van der Waals surface area contributed by atoms with E-state index in [-0.39, 0.29) is 23.6 Å². The predicted molar refractivity (Wildman–Crippen MR) is 114 cm³/mol. The van der Waals surface area contributed by atoms with E-state index < -0.39 is 6.36 Å². The van der Waals surface area contributed by atoms with Gasteiger partial charge in [-0.25, -0.2) is 4.98 Å². The first-order valence-corrected chi connectivity index (χ1v) is 9.38. The Bertz CT molecular complexity index is 1190. The van der Waals surface area contributed by atoms with Crippen LogP contribution in [0.2, 0.25) is 0 Å². The fourth-order valence-electron chi connectivity index (χ4n) is 3.26. The minimum Gasteiger partial charge on any atom is -0.405 e. The van der Waals surface area contributed by atoms with Gasteiger partial charge in [0.25, 0.3) is 0 Å². The molecule has 0 bridgehead atoms. The highest BCUT2D eigenvalue weighted by molar-refractivity contribution is 5.86. The van der Waals surface area contributed by atoms with Gasteiger partial charge in [-0.3, -0.25) is 0 Å². The van der Waals surface area contributed by atoms with Crippen LogP contribution in [0.5, 0.6) is 5.75 Å². The number of benzene rings is 2. The van der Waals surface area contributed by atoms with E-state index in [2.05, 4.69) is 40.6 Å². The fourth-order valence-corrected chi connectivity index (χ4v) is 3.26. The molecule has 2 aromatic heterocycles. The van der Waals surface area contributed by atoms with Crippen molar-refractivity contribution in [2.24, 2.45) is 5.41 Å². The van der Waals surface area contributed by atoms with E-state index in [1.807, 2.05) is 6.07 Å². The highest BCUT2D eigenvalue weighted by Gasteiger charge is 2.32. The highest BCUT2D eigenvalue weighted by Crippen LogP contribution is 2.35. The van der Waals surface area contributed by atoms with Gasteiger partial charge in [0.1, 0.15) is 5.75 Å². The first-order valence-electron chi connectivity index (χ1n) is 9.38. The zero-order valence-electron chi connectivity index (χ0n) is 17.1. The summed E-state index contributed by atoms with van der Waals surface area (Å²) in [5.74, 6) is 0.758. The molecule has 4 aromatic rings. The molecule has 0 aliphatic carbocycles. The van der Waals surface area contributed by atoms with Crippen LogP contribution in [-0.2, 0) is 6.42 Å². The van der Waals surface area contributed by atoms with Gasteiger partial charge in [0, 0.05) is 11.6 Å². The Hall–Kier alpha value is -3.00. The van der Waals surface area contributed by atoms with E-state index in [1.165, 1.54) is 12.1 Å². The molecule has 2 aromatic carbocycles. The molecule has 0 radical (unpaired) electrons. The third kappa shape index (κ3) is 5.38. The van der Waals surface area contributed by atoms with E-state index in [0.29, 0.717) is 33.7 Å². The first-order chi connectivity index (χ1) is 14.1. The molecule has 31 heavy (non-hydrogen) atoms. The van der Waals surface area contributed by atoms with Gasteiger partial charge in [-0.15, -0.1) is 25.6 Å². The smallest absolute Gasteiger partial charge is 0.405 e. The number of aromatic nitrogens is 3.